The Labute approximate surface area is 110 Å². The molecule has 0 saturated carbocycles. The van der Waals surface area contributed by atoms with Crippen molar-refractivity contribution in [3.8, 4) is 0 Å². The topological polar surface area (TPSA) is 66.0 Å². The maximum Gasteiger partial charge on any atom is 0.241 e. The summed E-state index contributed by atoms with van der Waals surface area (Å²) in [5.74, 6) is -2.10. The normalized spacial score (nSPS) is 11.8. The minimum absolute atomic E-state index is 0.0325. The van der Waals surface area contributed by atoms with Crippen LogP contribution in [-0.4, -0.2) is 30.5 Å². The van der Waals surface area contributed by atoms with Crippen LogP contribution in [0.2, 0.25) is 0 Å². The molecule has 0 aliphatic heterocycles. The molecule has 1 unspecified atom stereocenters. The summed E-state index contributed by atoms with van der Waals surface area (Å²) in [6.45, 7) is 4.00. The summed E-state index contributed by atoms with van der Waals surface area (Å²) in [4.78, 5) is 15.2. The third-order valence-electron chi connectivity index (χ3n) is 2.46. The fraction of sp³-hybridized carbons (Fsp3) is 0.500. The SMILES string of the molecule is CCCNc1nc(NC(C)C(=O)NC)c(F)cc1F. The lowest BCUT2D eigenvalue weighted by atomic mass is 10.3. The number of likely N-dealkylation sites (N-methyl/N-ethyl adjacent to an activating group) is 1. The first-order valence-corrected chi connectivity index (χ1v) is 6.07. The predicted molar refractivity (Wildman–Crippen MR) is 70.1 cm³/mol. The molecule has 3 N–H and O–H groups in total. The van der Waals surface area contributed by atoms with Gasteiger partial charge in [0.05, 0.1) is 0 Å². The van der Waals surface area contributed by atoms with Gasteiger partial charge in [-0.1, -0.05) is 6.92 Å². The molecule has 0 spiro atoms. The molecule has 7 heteroatoms. The van der Waals surface area contributed by atoms with Gasteiger partial charge in [0.1, 0.15) is 6.04 Å². The van der Waals surface area contributed by atoms with E-state index in [1.807, 2.05) is 6.92 Å². The molecule has 0 radical (unpaired) electrons. The van der Waals surface area contributed by atoms with E-state index in [-0.39, 0.29) is 17.5 Å². The molecule has 1 heterocycles. The highest BCUT2D eigenvalue weighted by molar-refractivity contribution is 5.83. The van der Waals surface area contributed by atoms with Gasteiger partial charge in [0.15, 0.2) is 23.3 Å². The number of pyridine rings is 1. The van der Waals surface area contributed by atoms with Crippen LogP contribution in [0.4, 0.5) is 20.4 Å². The molecule has 1 atom stereocenters. The van der Waals surface area contributed by atoms with Crippen molar-refractivity contribution >= 4 is 17.5 Å². The second-order valence-electron chi connectivity index (χ2n) is 4.06. The van der Waals surface area contributed by atoms with E-state index in [0.29, 0.717) is 6.54 Å². The van der Waals surface area contributed by atoms with Gasteiger partial charge >= 0.3 is 0 Å². The van der Waals surface area contributed by atoms with Crippen molar-refractivity contribution in [2.45, 2.75) is 26.3 Å². The summed E-state index contributed by atoms with van der Waals surface area (Å²) in [7, 11) is 1.48. The van der Waals surface area contributed by atoms with Crippen LogP contribution >= 0.6 is 0 Å². The molecular weight excluding hydrogens is 254 g/mol. The zero-order valence-corrected chi connectivity index (χ0v) is 11.2. The van der Waals surface area contributed by atoms with Gasteiger partial charge in [-0.15, -0.1) is 0 Å². The second kappa shape index (κ2) is 6.86. The Morgan fingerprint density at radius 1 is 1.37 bits per heavy atom. The number of aromatic nitrogens is 1. The van der Waals surface area contributed by atoms with E-state index in [0.717, 1.165) is 12.5 Å². The molecular formula is C12H18F2N4O. The molecule has 19 heavy (non-hydrogen) atoms. The Hall–Kier alpha value is -1.92. The number of nitrogens with one attached hydrogen (secondary N) is 3. The highest BCUT2D eigenvalue weighted by Crippen LogP contribution is 2.19. The maximum absolute atomic E-state index is 13.6. The highest BCUT2D eigenvalue weighted by Gasteiger charge is 2.16. The van der Waals surface area contributed by atoms with E-state index in [2.05, 4.69) is 20.9 Å². The molecule has 0 fully saturated rings. The van der Waals surface area contributed by atoms with E-state index < -0.39 is 17.7 Å². The lowest BCUT2D eigenvalue weighted by molar-refractivity contribution is -0.121. The van der Waals surface area contributed by atoms with E-state index in [9.17, 15) is 13.6 Å². The number of hydrogen-bond acceptors (Lipinski definition) is 4. The minimum atomic E-state index is -0.838. The molecule has 0 aromatic carbocycles. The summed E-state index contributed by atoms with van der Waals surface area (Å²) in [6, 6.07) is 0.0701. The Kier molecular flexibility index (Phi) is 5.47. The van der Waals surface area contributed by atoms with Crippen molar-refractivity contribution in [3.63, 3.8) is 0 Å². The van der Waals surface area contributed by atoms with Gasteiger partial charge in [0, 0.05) is 19.7 Å². The van der Waals surface area contributed by atoms with E-state index >= 15 is 0 Å². The molecule has 0 aliphatic rings. The monoisotopic (exact) mass is 272 g/mol. The van der Waals surface area contributed by atoms with Crippen LogP contribution in [0.5, 0.6) is 0 Å². The smallest absolute Gasteiger partial charge is 0.241 e. The van der Waals surface area contributed by atoms with Crippen molar-refractivity contribution in [1.29, 1.82) is 0 Å². The van der Waals surface area contributed by atoms with Crippen molar-refractivity contribution in [2.24, 2.45) is 0 Å². The van der Waals surface area contributed by atoms with Gasteiger partial charge in [0.25, 0.3) is 0 Å². The van der Waals surface area contributed by atoms with Crippen LogP contribution in [0.1, 0.15) is 20.3 Å². The Bertz CT molecular complexity index is 454. The lowest BCUT2D eigenvalue weighted by Crippen LogP contribution is -2.35. The third-order valence-corrected chi connectivity index (χ3v) is 2.46. The summed E-state index contributed by atoms with van der Waals surface area (Å²) in [5, 5.41) is 7.78. The first kappa shape index (κ1) is 15.1. The molecule has 0 aliphatic carbocycles. The molecule has 1 rings (SSSR count). The van der Waals surface area contributed by atoms with Crippen molar-refractivity contribution in [1.82, 2.24) is 10.3 Å². The minimum Gasteiger partial charge on any atom is -0.368 e. The van der Waals surface area contributed by atoms with E-state index in [1.54, 1.807) is 6.92 Å². The van der Waals surface area contributed by atoms with Gasteiger partial charge in [-0.2, -0.15) is 0 Å². The van der Waals surface area contributed by atoms with Crippen molar-refractivity contribution in [3.05, 3.63) is 17.7 Å². The van der Waals surface area contributed by atoms with Crippen LogP contribution in [0.25, 0.3) is 0 Å². The summed E-state index contributed by atoms with van der Waals surface area (Å²) in [5.41, 5.74) is 0. The molecule has 106 valence electrons. The Balaban J connectivity index is 2.91. The number of anilines is 2. The first-order valence-electron chi connectivity index (χ1n) is 6.07. The van der Waals surface area contributed by atoms with Gasteiger partial charge < -0.3 is 16.0 Å². The van der Waals surface area contributed by atoms with Crippen LogP contribution in [0, 0.1) is 11.6 Å². The number of halogens is 2. The largest absolute Gasteiger partial charge is 0.368 e. The van der Waals surface area contributed by atoms with Crippen LogP contribution in [-0.2, 0) is 4.79 Å². The number of rotatable bonds is 6. The number of hydrogen-bond donors (Lipinski definition) is 3. The fourth-order valence-electron chi connectivity index (χ4n) is 1.42. The maximum atomic E-state index is 13.6. The summed E-state index contributed by atoms with van der Waals surface area (Å²) in [6.07, 6.45) is 0.788. The van der Waals surface area contributed by atoms with Crippen LogP contribution in [0.3, 0.4) is 0 Å². The average Bonchev–Trinajstić information content (AvgIpc) is 2.39. The summed E-state index contributed by atoms with van der Waals surface area (Å²) >= 11 is 0. The fourth-order valence-corrected chi connectivity index (χ4v) is 1.42. The van der Waals surface area contributed by atoms with Gasteiger partial charge in [0.2, 0.25) is 5.91 Å². The van der Waals surface area contributed by atoms with E-state index in [1.165, 1.54) is 7.05 Å². The van der Waals surface area contributed by atoms with Gasteiger partial charge in [-0.3, -0.25) is 4.79 Å². The molecule has 1 aromatic rings. The zero-order chi connectivity index (χ0) is 14.4. The van der Waals surface area contributed by atoms with Gasteiger partial charge in [-0.05, 0) is 13.3 Å². The van der Waals surface area contributed by atoms with E-state index in [4.69, 9.17) is 0 Å². The Morgan fingerprint density at radius 3 is 2.58 bits per heavy atom. The standard InChI is InChI=1S/C12H18F2N4O/c1-4-5-16-10-8(13)6-9(14)11(18-10)17-7(2)12(19)15-3/h6-7H,4-5H2,1-3H3,(H,15,19)(H2,16,17,18). The second-order valence-corrected chi connectivity index (χ2v) is 4.06. The highest BCUT2D eigenvalue weighted by atomic mass is 19.1. The van der Waals surface area contributed by atoms with Crippen LogP contribution < -0.4 is 16.0 Å². The van der Waals surface area contributed by atoms with Crippen molar-refractivity contribution in [2.75, 3.05) is 24.2 Å². The quantitative estimate of drug-likeness (QED) is 0.738. The Morgan fingerprint density at radius 2 is 2.00 bits per heavy atom. The zero-order valence-electron chi connectivity index (χ0n) is 11.2. The first-order chi connectivity index (χ1) is 8.99. The van der Waals surface area contributed by atoms with Crippen LogP contribution in [0.15, 0.2) is 6.07 Å². The molecule has 0 bridgehead atoms. The lowest BCUT2D eigenvalue weighted by Gasteiger charge is -2.15. The molecule has 5 nitrogen and oxygen atoms in total. The third kappa shape index (κ3) is 4.04. The predicted octanol–water partition coefficient (Wildman–Crippen LogP) is 1.73. The molecule has 1 amide bonds. The number of carbonyl (C=O) groups is 1. The average molecular weight is 272 g/mol. The molecule has 0 saturated heterocycles. The van der Waals surface area contributed by atoms with Gasteiger partial charge in [-0.25, -0.2) is 13.8 Å². The number of carbonyl (C=O) groups excluding carboxylic acids is 1. The summed E-state index contributed by atoms with van der Waals surface area (Å²) < 4.78 is 27.0. The number of amides is 1. The molecule has 1 aromatic heterocycles. The van der Waals surface area contributed by atoms with Crippen molar-refractivity contribution < 1.29 is 13.6 Å². The number of nitrogens with zero attached hydrogens (tertiary/aromatic N) is 1.